The average molecular weight is 213 g/mol. The Morgan fingerprint density at radius 2 is 2.38 bits per heavy atom. The quantitative estimate of drug-likeness (QED) is 0.634. The number of Topliss-reactive ketones (excluding diaryl/α,β-unsaturated/α-hetero) is 1. The fraction of sp³-hybridized carbons (Fsp3) is 0.250. The van der Waals surface area contributed by atoms with Gasteiger partial charge < -0.3 is 9.90 Å². The molecule has 1 aromatic rings. The van der Waals surface area contributed by atoms with Crippen LogP contribution in [0.5, 0.6) is 0 Å². The highest BCUT2D eigenvalue weighted by molar-refractivity contribution is 8.01. The number of hydrogen-bond acceptors (Lipinski definition) is 5. The van der Waals surface area contributed by atoms with Gasteiger partial charge in [-0.25, -0.2) is 0 Å². The van der Waals surface area contributed by atoms with Crippen molar-refractivity contribution in [3.8, 4) is 0 Å². The van der Waals surface area contributed by atoms with E-state index in [2.05, 4.69) is 0 Å². The highest BCUT2D eigenvalue weighted by Gasteiger charge is 2.29. The summed E-state index contributed by atoms with van der Waals surface area (Å²) in [6.07, 6.45) is 0. The van der Waals surface area contributed by atoms with Crippen LogP contribution in [-0.2, 0) is 4.79 Å². The smallest absolute Gasteiger partial charge is 0.174 e. The lowest BCUT2D eigenvalue weighted by Gasteiger charge is -2.20. The Morgan fingerprint density at radius 3 is 3.08 bits per heavy atom. The van der Waals surface area contributed by atoms with Gasteiger partial charge in [-0.15, -0.1) is 23.1 Å². The van der Waals surface area contributed by atoms with Crippen molar-refractivity contribution in [1.29, 1.82) is 0 Å². The number of carboxylic acid groups (broad SMARTS) is 1. The molecule has 1 unspecified atom stereocenters. The SMILES string of the molecule is O=C([O-])C1CSc2sccc2C1=O. The lowest BCUT2D eigenvalue weighted by Crippen LogP contribution is -2.39. The molecule has 0 spiro atoms. The Kier molecular flexibility index (Phi) is 2.13. The maximum Gasteiger partial charge on any atom is 0.174 e. The maximum absolute atomic E-state index is 11.5. The number of thioether (sulfide) groups is 1. The number of ketones is 1. The van der Waals surface area contributed by atoms with Gasteiger partial charge in [-0.05, 0) is 11.4 Å². The summed E-state index contributed by atoms with van der Waals surface area (Å²) in [5, 5.41) is 12.4. The van der Waals surface area contributed by atoms with E-state index in [1.807, 2.05) is 0 Å². The van der Waals surface area contributed by atoms with Gasteiger partial charge >= 0.3 is 0 Å². The summed E-state index contributed by atoms with van der Waals surface area (Å²) in [6, 6.07) is 1.67. The van der Waals surface area contributed by atoms with Crippen molar-refractivity contribution in [3.05, 3.63) is 17.0 Å². The van der Waals surface area contributed by atoms with E-state index in [-0.39, 0.29) is 5.78 Å². The van der Waals surface area contributed by atoms with Crippen molar-refractivity contribution < 1.29 is 14.7 Å². The Bertz CT molecular complexity index is 369. The number of carboxylic acids is 1. The van der Waals surface area contributed by atoms with Gasteiger partial charge in [0.1, 0.15) is 0 Å². The fourth-order valence-corrected chi connectivity index (χ4v) is 3.38. The van der Waals surface area contributed by atoms with Crippen LogP contribution in [0.15, 0.2) is 15.7 Å². The predicted octanol–water partition coefficient (Wildman–Crippen LogP) is 0.403. The number of rotatable bonds is 1. The van der Waals surface area contributed by atoms with Crippen LogP contribution in [0.2, 0.25) is 0 Å². The van der Waals surface area contributed by atoms with Crippen LogP contribution in [-0.4, -0.2) is 17.5 Å². The van der Waals surface area contributed by atoms with E-state index >= 15 is 0 Å². The molecular weight excluding hydrogens is 208 g/mol. The second-order valence-corrected chi connectivity index (χ2v) is 4.87. The number of fused-ring (bicyclic) bond motifs is 1. The highest BCUT2D eigenvalue weighted by atomic mass is 32.2. The molecule has 2 rings (SSSR count). The van der Waals surface area contributed by atoms with E-state index in [9.17, 15) is 14.7 Å². The van der Waals surface area contributed by atoms with E-state index in [1.165, 1.54) is 23.1 Å². The molecular formula is C8H5O3S2-. The largest absolute Gasteiger partial charge is 0.549 e. The Hall–Kier alpha value is -0.810. The molecule has 0 bridgehead atoms. The lowest BCUT2D eigenvalue weighted by molar-refractivity contribution is -0.308. The first-order chi connectivity index (χ1) is 6.20. The normalized spacial score (nSPS) is 21.2. The van der Waals surface area contributed by atoms with Gasteiger partial charge in [0.2, 0.25) is 0 Å². The van der Waals surface area contributed by atoms with E-state index < -0.39 is 11.9 Å². The minimum absolute atomic E-state index is 0.300. The van der Waals surface area contributed by atoms with Gasteiger partial charge in [-0.2, -0.15) is 0 Å². The Balaban J connectivity index is 2.38. The van der Waals surface area contributed by atoms with E-state index in [0.29, 0.717) is 11.3 Å². The van der Waals surface area contributed by atoms with Gasteiger partial charge in [-0.1, -0.05) is 0 Å². The molecule has 0 radical (unpaired) electrons. The Morgan fingerprint density at radius 1 is 1.62 bits per heavy atom. The third kappa shape index (κ3) is 1.38. The highest BCUT2D eigenvalue weighted by Crippen LogP contribution is 2.36. The zero-order valence-electron chi connectivity index (χ0n) is 6.48. The van der Waals surface area contributed by atoms with Gasteiger partial charge in [0, 0.05) is 11.3 Å². The van der Waals surface area contributed by atoms with Gasteiger partial charge in [0.15, 0.2) is 5.78 Å². The van der Waals surface area contributed by atoms with E-state index in [0.717, 1.165) is 4.21 Å². The van der Waals surface area contributed by atoms with Crippen LogP contribution in [0.3, 0.4) is 0 Å². The molecule has 1 atom stereocenters. The minimum atomic E-state index is -1.27. The second kappa shape index (κ2) is 3.16. The molecule has 2 heterocycles. The van der Waals surface area contributed by atoms with Crippen molar-refractivity contribution in [2.75, 3.05) is 5.75 Å². The molecule has 0 fully saturated rings. The van der Waals surface area contributed by atoms with Crippen molar-refractivity contribution in [2.45, 2.75) is 4.21 Å². The zero-order valence-corrected chi connectivity index (χ0v) is 8.11. The maximum atomic E-state index is 11.5. The summed E-state index contributed by atoms with van der Waals surface area (Å²) < 4.78 is 0.919. The van der Waals surface area contributed by atoms with Crippen molar-refractivity contribution in [1.82, 2.24) is 0 Å². The predicted molar refractivity (Wildman–Crippen MR) is 47.9 cm³/mol. The molecule has 1 aliphatic rings. The van der Waals surface area contributed by atoms with Crippen LogP contribution >= 0.6 is 23.1 Å². The summed E-state index contributed by atoms with van der Waals surface area (Å²) in [5.74, 6) is -2.24. The van der Waals surface area contributed by atoms with Crippen LogP contribution < -0.4 is 5.11 Å². The van der Waals surface area contributed by atoms with E-state index in [1.54, 1.807) is 11.4 Å². The topological polar surface area (TPSA) is 57.2 Å². The van der Waals surface area contributed by atoms with Crippen molar-refractivity contribution in [3.63, 3.8) is 0 Å². The molecule has 1 aliphatic heterocycles. The molecule has 3 nitrogen and oxygen atoms in total. The molecule has 0 aliphatic carbocycles. The fourth-order valence-electron chi connectivity index (χ4n) is 1.19. The summed E-state index contributed by atoms with van der Waals surface area (Å²) >= 11 is 2.88. The van der Waals surface area contributed by atoms with Crippen molar-refractivity contribution >= 4 is 34.9 Å². The summed E-state index contributed by atoms with van der Waals surface area (Å²) in [7, 11) is 0. The number of hydrogen-bond donors (Lipinski definition) is 0. The molecule has 13 heavy (non-hydrogen) atoms. The summed E-state index contributed by atoms with van der Waals surface area (Å²) in [4.78, 5) is 22.0. The average Bonchev–Trinajstić information content (AvgIpc) is 2.52. The van der Waals surface area contributed by atoms with E-state index in [4.69, 9.17) is 0 Å². The monoisotopic (exact) mass is 213 g/mol. The zero-order chi connectivity index (χ0) is 9.42. The molecule has 0 saturated heterocycles. The van der Waals surface area contributed by atoms with Crippen molar-refractivity contribution in [2.24, 2.45) is 5.92 Å². The summed E-state index contributed by atoms with van der Waals surface area (Å²) in [6.45, 7) is 0. The molecule has 0 aromatic carbocycles. The van der Waals surface area contributed by atoms with Gasteiger partial charge in [0.25, 0.3) is 0 Å². The van der Waals surface area contributed by atoms with Gasteiger partial charge in [-0.3, -0.25) is 4.79 Å². The summed E-state index contributed by atoms with van der Waals surface area (Å²) in [5.41, 5.74) is 0.537. The molecule has 0 amide bonds. The lowest BCUT2D eigenvalue weighted by atomic mass is 10.0. The molecule has 0 N–H and O–H groups in total. The van der Waals surface area contributed by atoms with Crippen LogP contribution in [0, 0.1) is 5.92 Å². The van der Waals surface area contributed by atoms with Crippen LogP contribution in [0.4, 0.5) is 0 Å². The second-order valence-electron chi connectivity index (χ2n) is 2.67. The Labute approximate surface area is 82.8 Å². The first-order valence-electron chi connectivity index (χ1n) is 3.65. The minimum Gasteiger partial charge on any atom is -0.549 e. The number of carbonyl (C=O) groups is 2. The van der Waals surface area contributed by atoms with Crippen LogP contribution in [0.1, 0.15) is 10.4 Å². The third-order valence-electron chi connectivity index (χ3n) is 1.88. The number of aliphatic carboxylic acids is 1. The molecule has 68 valence electrons. The van der Waals surface area contributed by atoms with Crippen LogP contribution in [0.25, 0.3) is 0 Å². The third-order valence-corrected chi connectivity index (χ3v) is 4.21. The molecule has 1 aromatic heterocycles. The first kappa shape index (κ1) is 8.77. The standard InChI is InChI=1S/C8H6O3S2/c9-6-4-1-2-12-8(4)13-3-5(6)7(10)11/h1-2,5H,3H2,(H,10,11)/p-1. The molecule has 0 saturated carbocycles. The van der Waals surface area contributed by atoms with Gasteiger partial charge in [0.05, 0.1) is 16.1 Å². The number of carbonyl (C=O) groups excluding carboxylic acids is 2. The molecule has 5 heteroatoms. The number of thiophene rings is 1. The first-order valence-corrected chi connectivity index (χ1v) is 5.52.